The van der Waals surface area contributed by atoms with E-state index in [9.17, 15) is 9.59 Å². The average molecular weight is 321 g/mol. The number of nitrogens with one attached hydrogen (secondary N) is 2. The molecule has 1 aromatic carbocycles. The van der Waals surface area contributed by atoms with Gasteiger partial charge in [0.05, 0.1) is 11.5 Å². The van der Waals surface area contributed by atoms with Gasteiger partial charge in [-0.15, -0.1) is 11.8 Å². The molecule has 0 unspecified atom stereocenters. The second-order valence-corrected chi connectivity index (χ2v) is 6.46. The first-order valence-corrected chi connectivity index (χ1v) is 8.65. The van der Waals surface area contributed by atoms with E-state index in [0.717, 1.165) is 37.4 Å². The summed E-state index contributed by atoms with van der Waals surface area (Å²) in [5.74, 6) is 0.706. The van der Waals surface area contributed by atoms with Gasteiger partial charge in [-0.3, -0.25) is 9.59 Å². The van der Waals surface area contributed by atoms with Crippen LogP contribution in [-0.4, -0.2) is 54.4 Å². The number of amides is 2. The summed E-state index contributed by atoms with van der Waals surface area (Å²) in [6, 6.07) is 5.85. The molecule has 1 fully saturated rings. The van der Waals surface area contributed by atoms with Crippen molar-refractivity contribution in [3.63, 3.8) is 0 Å². The Morgan fingerprint density at radius 2 is 1.91 bits per heavy atom. The van der Waals surface area contributed by atoms with Gasteiger partial charge in [-0.1, -0.05) is 6.07 Å². The highest BCUT2D eigenvalue weighted by atomic mass is 32.2. The Balaban J connectivity index is 1.71. The number of hydrogen-bond donors (Lipinski definition) is 2. The molecule has 1 aliphatic rings. The molecule has 0 radical (unpaired) electrons. The van der Waals surface area contributed by atoms with Gasteiger partial charge in [0, 0.05) is 31.9 Å². The molecule has 0 saturated carbocycles. The van der Waals surface area contributed by atoms with Crippen LogP contribution >= 0.6 is 11.8 Å². The van der Waals surface area contributed by atoms with Crippen molar-refractivity contribution in [3.05, 3.63) is 29.3 Å². The third-order valence-electron chi connectivity index (χ3n) is 3.72. The van der Waals surface area contributed by atoms with Crippen molar-refractivity contribution < 1.29 is 9.59 Å². The molecule has 2 amide bonds. The molecule has 0 spiro atoms. The summed E-state index contributed by atoms with van der Waals surface area (Å²) >= 11 is 1.37. The summed E-state index contributed by atoms with van der Waals surface area (Å²) in [5, 5.41) is 6.08. The van der Waals surface area contributed by atoms with E-state index >= 15 is 0 Å². The van der Waals surface area contributed by atoms with Crippen LogP contribution in [0.15, 0.2) is 18.2 Å². The van der Waals surface area contributed by atoms with Crippen LogP contribution in [0, 0.1) is 13.8 Å². The minimum atomic E-state index is -0.0682. The van der Waals surface area contributed by atoms with E-state index in [4.69, 9.17) is 0 Å². The van der Waals surface area contributed by atoms with Gasteiger partial charge < -0.3 is 15.5 Å². The smallest absolute Gasteiger partial charge is 0.234 e. The molecule has 1 aliphatic heterocycles. The van der Waals surface area contributed by atoms with Crippen LogP contribution in [0.3, 0.4) is 0 Å². The summed E-state index contributed by atoms with van der Waals surface area (Å²) in [6.07, 6.45) is 0. The number of hydrogen-bond acceptors (Lipinski definition) is 4. The van der Waals surface area contributed by atoms with Crippen LogP contribution in [0.4, 0.5) is 5.69 Å². The van der Waals surface area contributed by atoms with Crippen LogP contribution in [0.5, 0.6) is 0 Å². The summed E-state index contributed by atoms with van der Waals surface area (Å²) in [7, 11) is 0. The number of carbonyl (C=O) groups excluding carboxylic acids is 2. The molecule has 0 aliphatic carbocycles. The van der Waals surface area contributed by atoms with Crippen molar-refractivity contribution >= 4 is 29.3 Å². The number of piperazine rings is 1. The molecule has 1 saturated heterocycles. The average Bonchev–Trinajstić information content (AvgIpc) is 2.51. The first-order chi connectivity index (χ1) is 10.6. The lowest BCUT2D eigenvalue weighted by Gasteiger charge is -2.27. The van der Waals surface area contributed by atoms with E-state index in [1.807, 2.05) is 36.9 Å². The molecule has 6 heteroatoms. The molecule has 5 nitrogen and oxygen atoms in total. The predicted molar refractivity (Wildman–Crippen MR) is 91.3 cm³/mol. The maximum absolute atomic E-state index is 12.0. The van der Waals surface area contributed by atoms with Gasteiger partial charge >= 0.3 is 0 Å². The SMILES string of the molecule is Cc1ccc(NC(=O)CSCC(=O)N2CCNCC2)cc1C. The molecule has 0 atom stereocenters. The van der Waals surface area contributed by atoms with Crippen molar-refractivity contribution in [1.29, 1.82) is 0 Å². The number of thioether (sulfide) groups is 1. The number of carbonyl (C=O) groups is 2. The Bertz CT molecular complexity index is 542. The van der Waals surface area contributed by atoms with Crippen LogP contribution < -0.4 is 10.6 Å². The largest absolute Gasteiger partial charge is 0.339 e. The number of aryl methyl sites for hydroxylation is 2. The van der Waals surface area contributed by atoms with Crippen molar-refractivity contribution in [2.45, 2.75) is 13.8 Å². The number of benzene rings is 1. The molecule has 0 bridgehead atoms. The van der Waals surface area contributed by atoms with Gasteiger partial charge in [-0.2, -0.15) is 0 Å². The van der Waals surface area contributed by atoms with Gasteiger partial charge in [0.2, 0.25) is 11.8 Å². The Morgan fingerprint density at radius 1 is 1.18 bits per heavy atom. The lowest BCUT2D eigenvalue weighted by Crippen LogP contribution is -2.47. The zero-order valence-corrected chi connectivity index (χ0v) is 14.0. The second kappa shape index (κ2) is 8.19. The van der Waals surface area contributed by atoms with Crippen LogP contribution in [0.25, 0.3) is 0 Å². The molecule has 22 heavy (non-hydrogen) atoms. The van der Waals surface area contributed by atoms with E-state index < -0.39 is 0 Å². The Hall–Kier alpha value is -1.53. The quantitative estimate of drug-likeness (QED) is 0.861. The molecule has 120 valence electrons. The van der Waals surface area contributed by atoms with Gasteiger partial charge in [-0.05, 0) is 37.1 Å². The van der Waals surface area contributed by atoms with E-state index in [-0.39, 0.29) is 11.8 Å². The monoisotopic (exact) mass is 321 g/mol. The maximum atomic E-state index is 12.0. The molecular weight excluding hydrogens is 298 g/mol. The van der Waals surface area contributed by atoms with E-state index in [0.29, 0.717) is 11.5 Å². The van der Waals surface area contributed by atoms with E-state index in [2.05, 4.69) is 10.6 Å². The lowest BCUT2D eigenvalue weighted by atomic mass is 10.1. The zero-order valence-electron chi connectivity index (χ0n) is 13.1. The number of anilines is 1. The molecule has 1 aromatic rings. The molecule has 1 heterocycles. The zero-order chi connectivity index (χ0) is 15.9. The Kier molecular flexibility index (Phi) is 6.27. The van der Waals surface area contributed by atoms with Crippen molar-refractivity contribution in [2.75, 3.05) is 43.0 Å². The number of rotatable bonds is 5. The minimum absolute atomic E-state index is 0.0682. The number of nitrogens with zero attached hydrogens (tertiary/aromatic N) is 1. The Labute approximate surface area is 135 Å². The molecule has 0 aromatic heterocycles. The third kappa shape index (κ3) is 5.03. The lowest BCUT2D eigenvalue weighted by molar-refractivity contribution is -0.128. The van der Waals surface area contributed by atoms with Gasteiger partial charge in [0.1, 0.15) is 0 Å². The second-order valence-electron chi connectivity index (χ2n) is 5.47. The first kappa shape index (κ1) is 16.8. The van der Waals surface area contributed by atoms with E-state index in [1.54, 1.807) is 0 Å². The first-order valence-electron chi connectivity index (χ1n) is 7.49. The fourth-order valence-corrected chi connectivity index (χ4v) is 2.97. The van der Waals surface area contributed by atoms with Crippen LogP contribution in [0.1, 0.15) is 11.1 Å². The standard InChI is InChI=1S/C16H23N3O2S/c1-12-3-4-14(9-13(12)2)18-15(20)10-22-11-16(21)19-7-5-17-6-8-19/h3-4,9,17H,5-8,10-11H2,1-2H3,(H,18,20). The third-order valence-corrected chi connectivity index (χ3v) is 4.64. The molecule has 2 N–H and O–H groups in total. The highest BCUT2D eigenvalue weighted by molar-refractivity contribution is 8.00. The van der Waals surface area contributed by atoms with Gasteiger partial charge in [0.15, 0.2) is 0 Å². The summed E-state index contributed by atoms with van der Waals surface area (Å²) in [4.78, 5) is 25.7. The highest BCUT2D eigenvalue weighted by Crippen LogP contribution is 2.14. The summed E-state index contributed by atoms with van der Waals surface area (Å²) < 4.78 is 0. The van der Waals surface area contributed by atoms with E-state index in [1.165, 1.54) is 17.3 Å². The maximum Gasteiger partial charge on any atom is 0.234 e. The fourth-order valence-electron chi connectivity index (χ4n) is 2.25. The fraction of sp³-hybridized carbons (Fsp3) is 0.500. The predicted octanol–water partition coefficient (Wildman–Crippen LogP) is 1.41. The van der Waals surface area contributed by atoms with Crippen molar-refractivity contribution in [1.82, 2.24) is 10.2 Å². The van der Waals surface area contributed by atoms with Crippen LogP contribution in [0.2, 0.25) is 0 Å². The highest BCUT2D eigenvalue weighted by Gasteiger charge is 2.16. The summed E-state index contributed by atoms with van der Waals surface area (Å²) in [5.41, 5.74) is 3.16. The van der Waals surface area contributed by atoms with Gasteiger partial charge in [-0.25, -0.2) is 0 Å². The normalized spacial score (nSPS) is 14.7. The molecule has 2 rings (SSSR count). The van der Waals surface area contributed by atoms with Crippen molar-refractivity contribution in [2.24, 2.45) is 0 Å². The summed E-state index contributed by atoms with van der Waals surface area (Å²) in [6.45, 7) is 7.28. The van der Waals surface area contributed by atoms with Crippen LogP contribution in [-0.2, 0) is 9.59 Å². The Morgan fingerprint density at radius 3 is 2.59 bits per heavy atom. The van der Waals surface area contributed by atoms with Gasteiger partial charge in [0.25, 0.3) is 0 Å². The van der Waals surface area contributed by atoms with Crippen molar-refractivity contribution in [3.8, 4) is 0 Å². The minimum Gasteiger partial charge on any atom is -0.339 e. The molecular formula is C16H23N3O2S. The topological polar surface area (TPSA) is 61.4 Å².